The standard InChI is InChI=1S/C2HN.CN2.Pd/c1-2-3;2-1-3;/h1H;;. The van der Waals surface area contributed by atoms with Gasteiger partial charge in [-0.05, 0) is 0 Å². The monoisotopic (exact) mass is 185 g/mol. The van der Waals surface area contributed by atoms with Gasteiger partial charge in [0.2, 0.25) is 0 Å². The molecular weight excluding hydrogens is 184 g/mol. The van der Waals surface area contributed by atoms with Gasteiger partial charge in [0.1, 0.15) is 0 Å². The molecule has 0 rings (SSSR count). The molecule has 0 saturated carbocycles. The zero-order valence-corrected chi connectivity index (χ0v) is 4.79. The molecule has 0 radical (unpaired) electrons. The second-order valence-electron chi connectivity index (χ2n) is 0.434. The summed E-state index contributed by atoms with van der Waals surface area (Å²) < 4.78 is 6.56. The molecule has 0 heterocycles. The Labute approximate surface area is 49.2 Å². The molecule has 4 heteroatoms. The predicted molar refractivity (Wildman–Crippen MR) is 19.3 cm³/mol. The molecule has 0 aliphatic carbocycles. The Bertz CT molecular complexity index is 157. The van der Waals surface area contributed by atoms with E-state index in [1.165, 1.54) is 0 Å². The third-order valence-corrected chi connectivity index (χ3v) is 0.803. The van der Waals surface area contributed by atoms with Gasteiger partial charge in [0.25, 0.3) is 0 Å². The van der Waals surface area contributed by atoms with Gasteiger partial charge in [-0.1, -0.05) is 0 Å². The molecule has 0 bridgehead atoms. The van der Waals surface area contributed by atoms with Gasteiger partial charge in [0, 0.05) is 0 Å². The number of nitrogens with zero attached hydrogens (tertiary/aromatic N) is 3. The average Bonchev–Trinajstić information content (AvgIpc) is 1.69. The molecule has 0 aliphatic rings. The Hall–Kier alpha value is -0.688. The maximum absolute atomic E-state index is 7.76. The van der Waals surface area contributed by atoms with Crippen LogP contribution >= 0.6 is 0 Å². The van der Waals surface area contributed by atoms with Crippen molar-refractivity contribution in [2.75, 3.05) is 0 Å². The molecule has 38 valence electrons. The van der Waals surface area contributed by atoms with Crippen LogP contribution in [0.25, 0.3) is 0 Å². The van der Waals surface area contributed by atoms with Gasteiger partial charge in [-0.2, -0.15) is 0 Å². The number of hydrogen-bond donors (Lipinski definition) is 0. The molecule has 0 aromatic heterocycles. The molecule has 0 aromatic rings. The Balaban J connectivity index is 3.78. The van der Waals surface area contributed by atoms with Crippen LogP contribution in [-0.2, 0) is 17.6 Å². The fourth-order valence-electron chi connectivity index (χ4n) is 0.0482. The van der Waals surface area contributed by atoms with Crippen molar-refractivity contribution in [2.24, 2.45) is 7.14 Å². The molecule has 7 heavy (non-hydrogen) atoms. The average molecular weight is 185 g/mol. The predicted octanol–water partition coefficient (Wildman–Crippen LogP) is 0.508. The fourth-order valence-corrected chi connectivity index (χ4v) is 0.285. The summed E-state index contributed by atoms with van der Waals surface area (Å²) in [5.41, 5.74) is 0. The molecule has 3 nitrogen and oxygen atoms in total. The van der Waals surface area contributed by atoms with E-state index in [2.05, 4.69) is 7.14 Å². The number of nitriles is 1. The Kier molecular flexibility index (Phi) is 4.79. The van der Waals surface area contributed by atoms with E-state index in [1.807, 2.05) is 6.04 Å². The summed E-state index contributed by atoms with van der Waals surface area (Å²) >= 11 is -0.279. The molecule has 0 fully saturated rings. The van der Waals surface area contributed by atoms with Gasteiger partial charge in [0.05, 0.1) is 0 Å². The molecule has 0 amide bonds. The van der Waals surface area contributed by atoms with E-state index in [9.17, 15) is 0 Å². The molecule has 0 spiro atoms. The van der Waals surface area contributed by atoms with Crippen molar-refractivity contribution in [3.63, 3.8) is 0 Å². The zero-order valence-electron chi connectivity index (χ0n) is 3.24. The number of hydrogen-bond acceptors (Lipinski definition) is 3. The van der Waals surface area contributed by atoms with Crippen molar-refractivity contribution in [3.05, 3.63) is 0 Å². The zero-order chi connectivity index (χ0) is 5.54. The van der Waals surface area contributed by atoms with Crippen LogP contribution < -0.4 is 0 Å². The summed E-state index contributed by atoms with van der Waals surface area (Å²) in [4.78, 5) is 0. The van der Waals surface area contributed by atoms with Crippen LogP contribution in [0, 0.1) is 23.9 Å². The van der Waals surface area contributed by atoms with E-state index >= 15 is 0 Å². The first-order valence-electron chi connectivity index (χ1n) is 1.24. The van der Waals surface area contributed by atoms with E-state index in [0.717, 1.165) is 0 Å². The van der Waals surface area contributed by atoms with Crippen molar-refractivity contribution < 1.29 is 17.6 Å². The molecule has 0 aromatic carbocycles. The fraction of sp³-hybridized carbons (Fsp3) is 0. The number of rotatable bonds is 0. The number of terminal acetylenes is 1. The Morgan fingerprint density at radius 2 is 2.29 bits per heavy atom. The molecule has 0 unspecified atom stereocenters. The summed E-state index contributed by atoms with van der Waals surface area (Å²) in [6.07, 6.45) is 6.26. The van der Waals surface area contributed by atoms with Gasteiger partial charge >= 0.3 is 48.7 Å². The van der Waals surface area contributed by atoms with Crippen molar-refractivity contribution in [1.29, 1.82) is 5.26 Å². The molecule has 0 N–H and O–H groups in total. The minimum absolute atomic E-state index is 0.279. The van der Waals surface area contributed by atoms with Gasteiger partial charge < -0.3 is 0 Å². The van der Waals surface area contributed by atoms with Crippen molar-refractivity contribution in [1.82, 2.24) is 0 Å². The first-order chi connectivity index (χ1) is 3.41. The van der Waals surface area contributed by atoms with E-state index in [4.69, 9.17) is 11.7 Å². The van der Waals surface area contributed by atoms with Crippen LogP contribution in [-0.4, -0.2) is 0 Å². The Morgan fingerprint density at radius 1 is 1.57 bits per heavy atom. The first-order valence-corrected chi connectivity index (χ1v) is 2.63. The first kappa shape index (κ1) is 6.31. The molecule has 0 atom stereocenters. The van der Waals surface area contributed by atoms with Gasteiger partial charge in [-0.15, -0.1) is 0 Å². The minimum atomic E-state index is -0.279. The van der Waals surface area contributed by atoms with Crippen molar-refractivity contribution in [3.8, 4) is 18.7 Å². The van der Waals surface area contributed by atoms with E-state index in [1.54, 1.807) is 6.19 Å². The van der Waals surface area contributed by atoms with Crippen LogP contribution in [0.4, 0.5) is 0 Å². The second-order valence-corrected chi connectivity index (χ2v) is 1.44. The maximum atomic E-state index is 7.76. The van der Waals surface area contributed by atoms with Gasteiger partial charge in [0.15, 0.2) is 0 Å². The normalized spacial score (nSPS) is 6.00. The molecular formula is C3HN3Pd. The van der Waals surface area contributed by atoms with Gasteiger partial charge in [-0.3, -0.25) is 0 Å². The third-order valence-electron chi connectivity index (χ3n) is 0.136. The van der Waals surface area contributed by atoms with E-state index < -0.39 is 0 Å². The van der Waals surface area contributed by atoms with E-state index in [-0.39, 0.29) is 17.6 Å². The van der Waals surface area contributed by atoms with Crippen LogP contribution in [0.3, 0.4) is 0 Å². The summed E-state index contributed by atoms with van der Waals surface area (Å²) in [5.74, 6) is 0. The summed E-state index contributed by atoms with van der Waals surface area (Å²) in [5, 5.41) is 7.76. The summed E-state index contributed by atoms with van der Waals surface area (Å²) in [6, 6.07) is 2.00. The van der Waals surface area contributed by atoms with E-state index in [0.29, 0.717) is 0 Å². The third kappa shape index (κ3) is 5.31. The summed E-state index contributed by atoms with van der Waals surface area (Å²) in [6.45, 7) is 0. The van der Waals surface area contributed by atoms with Gasteiger partial charge in [-0.25, -0.2) is 0 Å². The van der Waals surface area contributed by atoms with Crippen LogP contribution in [0.15, 0.2) is 7.14 Å². The molecule has 0 saturated heterocycles. The van der Waals surface area contributed by atoms with Crippen LogP contribution in [0.1, 0.15) is 0 Å². The van der Waals surface area contributed by atoms with Crippen molar-refractivity contribution >= 4 is 0 Å². The molecule has 0 aliphatic heterocycles. The summed E-state index contributed by atoms with van der Waals surface area (Å²) in [7, 11) is 0. The quantitative estimate of drug-likeness (QED) is 0.308. The van der Waals surface area contributed by atoms with Crippen molar-refractivity contribution in [2.45, 2.75) is 0 Å². The second kappa shape index (κ2) is 5.31. The SMILES string of the molecule is C#C[N]=[Pd]=[N]C#N. The van der Waals surface area contributed by atoms with Crippen LogP contribution in [0.2, 0.25) is 0 Å². The Morgan fingerprint density at radius 3 is 2.71 bits per heavy atom. The topological polar surface area (TPSA) is 48.5 Å². The van der Waals surface area contributed by atoms with Crippen LogP contribution in [0.5, 0.6) is 0 Å².